The fraction of sp³-hybridized carbons (Fsp3) is 0.471. The van der Waals surface area contributed by atoms with Gasteiger partial charge in [0.15, 0.2) is 5.69 Å². The van der Waals surface area contributed by atoms with Crippen LogP contribution in [0.1, 0.15) is 37.2 Å². The quantitative estimate of drug-likeness (QED) is 0.799. The van der Waals surface area contributed by atoms with E-state index in [1.54, 1.807) is 25.1 Å². The van der Waals surface area contributed by atoms with Crippen LogP contribution in [-0.4, -0.2) is 39.9 Å². The number of nitrogens with zero attached hydrogens (tertiary/aromatic N) is 3. The van der Waals surface area contributed by atoms with Crippen LogP contribution < -0.4 is 5.56 Å². The molecule has 5 nitrogen and oxygen atoms in total. The van der Waals surface area contributed by atoms with Crippen molar-refractivity contribution in [3.63, 3.8) is 0 Å². The number of amides is 1. The Labute approximate surface area is 143 Å². The van der Waals surface area contributed by atoms with Gasteiger partial charge in [0, 0.05) is 18.5 Å². The first-order chi connectivity index (χ1) is 11.8. The summed E-state index contributed by atoms with van der Waals surface area (Å²) in [6.07, 6.45) is -3.39. The molecule has 0 saturated heterocycles. The number of aryl methyl sites for hydroxylation is 1. The molecule has 0 aliphatic carbocycles. The van der Waals surface area contributed by atoms with E-state index in [4.69, 9.17) is 0 Å². The number of rotatable bonds is 6. The number of fused-ring (bicyclic) bond motifs is 1. The summed E-state index contributed by atoms with van der Waals surface area (Å²) in [6, 6.07) is 6.34. The van der Waals surface area contributed by atoms with Gasteiger partial charge in [0.25, 0.3) is 11.5 Å². The zero-order chi connectivity index (χ0) is 18.6. The minimum atomic E-state index is -4.50. The van der Waals surface area contributed by atoms with Crippen molar-refractivity contribution in [1.29, 1.82) is 0 Å². The van der Waals surface area contributed by atoms with Crippen LogP contribution in [-0.2, 0) is 6.54 Å². The third-order valence-corrected chi connectivity index (χ3v) is 3.81. The van der Waals surface area contributed by atoms with Crippen LogP contribution >= 0.6 is 0 Å². The lowest BCUT2D eigenvalue weighted by Crippen LogP contribution is -2.41. The third-order valence-electron chi connectivity index (χ3n) is 3.81. The zero-order valence-corrected chi connectivity index (χ0v) is 14.1. The molecule has 0 unspecified atom stereocenters. The molecule has 0 saturated carbocycles. The Kier molecular flexibility index (Phi) is 5.81. The first-order valence-electron chi connectivity index (χ1n) is 8.14. The van der Waals surface area contributed by atoms with Crippen LogP contribution in [0.4, 0.5) is 13.2 Å². The molecule has 2 aromatic rings. The Morgan fingerprint density at radius 3 is 2.40 bits per heavy atom. The highest BCUT2D eigenvalue weighted by Crippen LogP contribution is 2.21. The average molecular weight is 355 g/mol. The Bertz CT molecular complexity index is 815. The van der Waals surface area contributed by atoms with Crippen LogP contribution in [0.15, 0.2) is 29.1 Å². The summed E-state index contributed by atoms with van der Waals surface area (Å²) in [5.41, 5.74) is -0.497. The van der Waals surface area contributed by atoms with Gasteiger partial charge in [-0.1, -0.05) is 31.5 Å². The van der Waals surface area contributed by atoms with E-state index in [0.717, 1.165) is 9.58 Å². The molecule has 1 aromatic carbocycles. The lowest BCUT2D eigenvalue weighted by molar-refractivity contribution is -0.140. The predicted molar refractivity (Wildman–Crippen MR) is 88.5 cm³/mol. The number of alkyl halides is 3. The monoisotopic (exact) mass is 355 g/mol. The van der Waals surface area contributed by atoms with Gasteiger partial charge in [0.05, 0.1) is 5.39 Å². The SMILES string of the molecule is CCCCN(CC(F)(F)F)C(=O)c1nn(CC)c(=O)c2ccccc12. The Hall–Kier alpha value is -2.38. The van der Waals surface area contributed by atoms with Gasteiger partial charge in [-0.05, 0) is 19.4 Å². The van der Waals surface area contributed by atoms with Crippen molar-refractivity contribution in [2.75, 3.05) is 13.1 Å². The maximum atomic E-state index is 12.9. The van der Waals surface area contributed by atoms with Gasteiger partial charge in [0.2, 0.25) is 0 Å². The second-order valence-corrected chi connectivity index (χ2v) is 5.71. The van der Waals surface area contributed by atoms with E-state index in [1.165, 1.54) is 6.07 Å². The van der Waals surface area contributed by atoms with Gasteiger partial charge in [-0.15, -0.1) is 0 Å². The van der Waals surface area contributed by atoms with Gasteiger partial charge in [0.1, 0.15) is 6.54 Å². The Morgan fingerprint density at radius 1 is 1.20 bits per heavy atom. The van der Waals surface area contributed by atoms with Crippen molar-refractivity contribution in [2.45, 2.75) is 39.4 Å². The summed E-state index contributed by atoms with van der Waals surface area (Å²) >= 11 is 0. The number of hydrogen-bond donors (Lipinski definition) is 0. The van der Waals surface area contributed by atoms with Gasteiger partial charge in [-0.25, -0.2) is 4.68 Å². The molecule has 0 radical (unpaired) electrons. The van der Waals surface area contributed by atoms with E-state index in [-0.39, 0.29) is 35.1 Å². The molecule has 1 aromatic heterocycles. The molecule has 0 aliphatic heterocycles. The van der Waals surface area contributed by atoms with Crippen molar-refractivity contribution in [3.05, 3.63) is 40.3 Å². The third kappa shape index (κ3) is 4.37. The number of hydrogen-bond acceptors (Lipinski definition) is 3. The highest BCUT2D eigenvalue weighted by atomic mass is 19.4. The summed E-state index contributed by atoms with van der Waals surface area (Å²) in [5, 5.41) is 4.56. The predicted octanol–water partition coefficient (Wildman–Crippen LogP) is 3.22. The van der Waals surface area contributed by atoms with Crippen LogP contribution in [0, 0.1) is 0 Å². The maximum absolute atomic E-state index is 12.9. The molecule has 0 bridgehead atoms. The molecule has 1 heterocycles. The summed E-state index contributed by atoms with van der Waals surface area (Å²) in [6.45, 7) is 2.38. The topological polar surface area (TPSA) is 55.2 Å². The van der Waals surface area contributed by atoms with Crippen molar-refractivity contribution in [3.8, 4) is 0 Å². The van der Waals surface area contributed by atoms with Gasteiger partial charge >= 0.3 is 6.18 Å². The molecule has 0 aliphatic rings. The standard InChI is InChI=1S/C17H20F3N3O2/c1-3-5-10-22(11-17(18,19)20)16(25)14-12-8-6-7-9-13(12)15(24)23(4-2)21-14/h6-9H,3-5,10-11H2,1-2H3. The second kappa shape index (κ2) is 7.67. The van der Waals surface area contributed by atoms with Crippen molar-refractivity contribution in [2.24, 2.45) is 0 Å². The van der Waals surface area contributed by atoms with Crippen LogP contribution in [0.25, 0.3) is 10.8 Å². The summed E-state index contributed by atoms with van der Waals surface area (Å²) < 4.78 is 39.7. The fourth-order valence-corrected chi connectivity index (χ4v) is 2.57. The van der Waals surface area contributed by atoms with Crippen molar-refractivity contribution >= 4 is 16.7 Å². The van der Waals surface area contributed by atoms with E-state index in [9.17, 15) is 22.8 Å². The number of carbonyl (C=O) groups excluding carboxylic acids is 1. The smallest absolute Gasteiger partial charge is 0.328 e. The second-order valence-electron chi connectivity index (χ2n) is 5.71. The number of carbonyl (C=O) groups is 1. The van der Waals surface area contributed by atoms with Crippen molar-refractivity contribution < 1.29 is 18.0 Å². The highest BCUT2D eigenvalue weighted by Gasteiger charge is 2.34. The first kappa shape index (κ1) is 19.0. The molecule has 0 spiro atoms. The zero-order valence-electron chi connectivity index (χ0n) is 14.1. The van der Waals surface area contributed by atoms with E-state index in [1.807, 2.05) is 6.92 Å². The lowest BCUT2D eigenvalue weighted by atomic mass is 10.1. The first-order valence-corrected chi connectivity index (χ1v) is 8.14. The molecule has 136 valence electrons. The van der Waals surface area contributed by atoms with E-state index in [0.29, 0.717) is 12.8 Å². The van der Waals surface area contributed by atoms with Gasteiger partial charge in [-0.2, -0.15) is 18.3 Å². The Balaban J connectivity index is 2.55. The number of aromatic nitrogens is 2. The average Bonchev–Trinajstić information content (AvgIpc) is 2.57. The number of halogens is 3. The van der Waals surface area contributed by atoms with Crippen LogP contribution in [0.3, 0.4) is 0 Å². The molecule has 0 fully saturated rings. The lowest BCUT2D eigenvalue weighted by Gasteiger charge is -2.24. The maximum Gasteiger partial charge on any atom is 0.406 e. The molecule has 1 amide bonds. The molecule has 25 heavy (non-hydrogen) atoms. The van der Waals surface area contributed by atoms with E-state index in [2.05, 4.69) is 5.10 Å². The molecular formula is C17H20F3N3O2. The normalized spacial score (nSPS) is 11.7. The minimum absolute atomic E-state index is 0.0178. The van der Waals surface area contributed by atoms with Gasteiger partial charge in [-0.3, -0.25) is 9.59 Å². The molecular weight excluding hydrogens is 335 g/mol. The molecule has 0 N–H and O–H groups in total. The largest absolute Gasteiger partial charge is 0.406 e. The summed E-state index contributed by atoms with van der Waals surface area (Å²) in [5.74, 6) is -0.816. The highest BCUT2D eigenvalue weighted by molar-refractivity contribution is 6.04. The number of benzene rings is 1. The fourth-order valence-electron chi connectivity index (χ4n) is 2.57. The summed E-state index contributed by atoms with van der Waals surface area (Å²) in [4.78, 5) is 25.8. The molecule has 2 rings (SSSR count). The van der Waals surface area contributed by atoms with Gasteiger partial charge < -0.3 is 4.90 Å². The number of unbranched alkanes of at least 4 members (excludes halogenated alkanes) is 1. The van der Waals surface area contributed by atoms with Crippen molar-refractivity contribution in [1.82, 2.24) is 14.7 Å². The van der Waals surface area contributed by atoms with E-state index >= 15 is 0 Å². The molecule has 8 heteroatoms. The van der Waals surface area contributed by atoms with Crippen LogP contribution in [0.5, 0.6) is 0 Å². The van der Waals surface area contributed by atoms with Crippen LogP contribution in [0.2, 0.25) is 0 Å². The van der Waals surface area contributed by atoms with E-state index < -0.39 is 18.6 Å². The molecule has 0 atom stereocenters. The Morgan fingerprint density at radius 2 is 1.84 bits per heavy atom. The summed E-state index contributed by atoms with van der Waals surface area (Å²) in [7, 11) is 0. The minimum Gasteiger partial charge on any atom is -0.328 e.